The molecule has 0 aromatic carbocycles. The summed E-state index contributed by atoms with van der Waals surface area (Å²) in [5.74, 6) is 3.82. The Kier molecular flexibility index (Phi) is 4.15. The molecule has 1 aliphatic rings. The van der Waals surface area contributed by atoms with Crippen molar-refractivity contribution in [2.24, 2.45) is 11.8 Å². The molecule has 0 unspecified atom stereocenters. The molecule has 1 aromatic rings. The van der Waals surface area contributed by atoms with Crippen LogP contribution in [0.15, 0.2) is 4.52 Å². The first-order valence-corrected chi connectivity index (χ1v) is 6.67. The Morgan fingerprint density at radius 2 is 2.00 bits per heavy atom. The summed E-state index contributed by atoms with van der Waals surface area (Å²) < 4.78 is 5.21. The molecule has 0 radical (unpaired) electrons. The standard InChI is InChI=1S/C13H23N3O/c1-9(2)10-4-6-11(7-5-10)13-15-12(8-14-3)17-16-13/h9-11,14H,4-8H2,1-3H3. The van der Waals surface area contributed by atoms with Crippen LogP contribution in [0.3, 0.4) is 0 Å². The smallest absolute Gasteiger partial charge is 0.240 e. The maximum atomic E-state index is 5.21. The van der Waals surface area contributed by atoms with Crippen LogP contribution in [0.2, 0.25) is 0 Å². The topological polar surface area (TPSA) is 51.0 Å². The lowest BCUT2D eigenvalue weighted by atomic mass is 9.77. The second kappa shape index (κ2) is 5.63. The van der Waals surface area contributed by atoms with Crippen molar-refractivity contribution in [2.45, 2.75) is 52.0 Å². The Balaban J connectivity index is 1.91. The van der Waals surface area contributed by atoms with Crippen LogP contribution in [-0.2, 0) is 6.54 Å². The van der Waals surface area contributed by atoms with E-state index in [2.05, 4.69) is 29.3 Å². The molecule has 4 nitrogen and oxygen atoms in total. The second-order valence-electron chi connectivity index (χ2n) is 5.43. The van der Waals surface area contributed by atoms with Gasteiger partial charge in [-0.05, 0) is 44.6 Å². The molecule has 0 atom stereocenters. The van der Waals surface area contributed by atoms with Crippen LogP contribution in [-0.4, -0.2) is 17.2 Å². The Bertz CT molecular complexity index is 340. The summed E-state index contributed by atoms with van der Waals surface area (Å²) in [6.45, 7) is 5.31. The highest BCUT2D eigenvalue weighted by atomic mass is 16.5. The number of rotatable bonds is 4. The van der Waals surface area contributed by atoms with Crippen LogP contribution in [0.1, 0.15) is 57.2 Å². The van der Waals surface area contributed by atoms with Gasteiger partial charge in [0.05, 0.1) is 6.54 Å². The molecule has 0 amide bonds. The van der Waals surface area contributed by atoms with Crippen molar-refractivity contribution in [3.63, 3.8) is 0 Å². The summed E-state index contributed by atoms with van der Waals surface area (Å²) >= 11 is 0. The third-order valence-electron chi connectivity index (χ3n) is 3.89. The van der Waals surface area contributed by atoms with E-state index in [4.69, 9.17) is 4.52 Å². The maximum absolute atomic E-state index is 5.21. The van der Waals surface area contributed by atoms with Crippen molar-refractivity contribution in [1.29, 1.82) is 0 Å². The van der Waals surface area contributed by atoms with E-state index < -0.39 is 0 Å². The van der Waals surface area contributed by atoms with Crippen molar-refractivity contribution in [3.05, 3.63) is 11.7 Å². The molecule has 0 aliphatic heterocycles. The van der Waals surface area contributed by atoms with Gasteiger partial charge in [-0.2, -0.15) is 4.98 Å². The van der Waals surface area contributed by atoms with Crippen LogP contribution in [0.25, 0.3) is 0 Å². The van der Waals surface area contributed by atoms with E-state index >= 15 is 0 Å². The molecule has 1 fully saturated rings. The third-order valence-corrected chi connectivity index (χ3v) is 3.89. The number of hydrogen-bond donors (Lipinski definition) is 1. The van der Waals surface area contributed by atoms with Gasteiger partial charge in [0.1, 0.15) is 0 Å². The minimum absolute atomic E-state index is 0.513. The lowest BCUT2D eigenvalue weighted by molar-refractivity contribution is 0.251. The first-order valence-electron chi connectivity index (χ1n) is 6.67. The monoisotopic (exact) mass is 237 g/mol. The fourth-order valence-corrected chi connectivity index (χ4v) is 2.70. The summed E-state index contributed by atoms with van der Waals surface area (Å²) in [4.78, 5) is 4.45. The average Bonchev–Trinajstić information content (AvgIpc) is 2.78. The summed E-state index contributed by atoms with van der Waals surface area (Å²) in [5.41, 5.74) is 0. The average molecular weight is 237 g/mol. The Labute approximate surface area is 103 Å². The zero-order valence-electron chi connectivity index (χ0n) is 11.1. The predicted molar refractivity (Wildman–Crippen MR) is 66.6 cm³/mol. The van der Waals surface area contributed by atoms with Crippen LogP contribution in [0, 0.1) is 11.8 Å². The minimum Gasteiger partial charge on any atom is -0.338 e. The van der Waals surface area contributed by atoms with Crippen LogP contribution < -0.4 is 5.32 Å². The van der Waals surface area contributed by atoms with Gasteiger partial charge in [0.15, 0.2) is 5.82 Å². The zero-order valence-corrected chi connectivity index (χ0v) is 11.1. The normalized spacial score (nSPS) is 25.4. The Hall–Kier alpha value is -0.900. The molecular weight excluding hydrogens is 214 g/mol. The molecule has 1 aromatic heterocycles. The highest BCUT2D eigenvalue weighted by Crippen LogP contribution is 2.37. The highest BCUT2D eigenvalue weighted by Gasteiger charge is 2.27. The second-order valence-corrected chi connectivity index (χ2v) is 5.43. The molecule has 2 rings (SSSR count). The Morgan fingerprint density at radius 1 is 1.29 bits per heavy atom. The number of nitrogens with one attached hydrogen (secondary N) is 1. The van der Waals surface area contributed by atoms with E-state index in [0.717, 1.165) is 17.7 Å². The molecule has 0 saturated heterocycles. The lowest BCUT2D eigenvalue weighted by Gasteiger charge is -2.29. The molecule has 1 heterocycles. The van der Waals surface area contributed by atoms with Gasteiger partial charge < -0.3 is 9.84 Å². The van der Waals surface area contributed by atoms with Crippen LogP contribution in [0.5, 0.6) is 0 Å². The van der Waals surface area contributed by atoms with Crippen molar-refractivity contribution in [1.82, 2.24) is 15.5 Å². The summed E-state index contributed by atoms with van der Waals surface area (Å²) in [5, 5.41) is 7.13. The third kappa shape index (κ3) is 3.06. The fourth-order valence-electron chi connectivity index (χ4n) is 2.70. The van der Waals surface area contributed by atoms with E-state index in [1.807, 2.05) is 7.05 Å². The highest BCUT2D eigenvalue weighted by molar-refractivity contribution is 4.97. The largest absolute Gasteiger partial charge is 0.338 e. The quantitative estimate of drug-likeness (QED) is 0.874. The first-order chi connectivity index (χ1) is 8.20. The van der Waals surface area contributed by atoms with Gasteiger partial charge in [-0.25, -0.2) is 0 Å². The van der Waals surface area contributed by atoms with E-state index in [1.165, 1.54) is 25.7 Å². The van der Waals surface area contributed by atoms with Crippen molar-refractivity contribution < 1.29 is 4.52 Å². The molecule has 1 N–H and O–H groups in total. The van der Waals surface area contributed by atoms with Crippen molar-refractivity contribution >= 4 is 0 Å². The summed E-state index contributed by atoms with van der Waals surface area (Å²) in [6, 6.07) is 0. The van der Waals surface area contributed by atoms with Crippen LogP contribution >= 0.6 is 0 Å². The van der Waals surface area contributed by atoms with E-state index in [0.29, 0.717) is 18.4 Å². The molecular formula is C13H23N3O. The number of nitrogens with zero attached hydrogens (tertiary/aromatic N) is 2. The van der Waals surface area contributed by atoms with E-state index in [9.17, 15) is 0 Å². The lowest BCUT2D eigenvalue weighted by Crippen LogP contribution is -2.18. The maximum Gasteiger partial charge on any atom is 0.240 e. The molecule has 1 saturated carbocycles. The van der Waals surface area contributed by atoms with Gasteiger partial charge in [-0.3, -0.25) is 0 Å². The fraction of sp³-hybridized carbons (Fsp3) is 0.846. The summed E-state index contributed by atoms with van der Waals surface area (Å²) in [6.07, 6.45) is 5.03. The van der Waals surface area contributed by atoms with Crippen molar-refractivity contribution in [2.75, 3.05) is 7.05 Å². The molecule has 0 spiro atoms. The van der Waals surface area contributed by atoms with Crippen molar-refractivity contribution in [3.8, 4) is 0 Å². The van der Waals surface area contributed by atoms with E-state index in [-0.39, 0.29) is 0 Å². The molecule has 1 aliphatic carbocycles. The van der Waals surface area contributed by atoms with Gasteiger partial charge in [-0.15, -0.1) is 0 Å². The summed E-state index contributed by atoms with van der Waals surface area (Å²) in [7, 11) is 1.89. The van der Waals surface area contributed by atoms with Gasteiger partial charge in [-0.1, -0.05) is 19.0 Å². The zero-order chi connectivity index (χ0) is 12.3. The SMILES string of the molecule is CNCc1nc(C2CCC(C(C)C)CC2)no1. The first kappa shape index (κ1) is 12.6. The van der Waals surface area contributed by atoms with Crippen LogP contribution in [0.4, 0.5) is 0 Å². The van der Waals surface area contributed by atoms with Gasteiger partial charge in [0.25, 0.3) is 0 Å². The molecule has 96 valence electrons. The van der Waals surface area contributed by atoms with Gasteiger partial charge in [0.2, 0.25) is 5.89 Å². The number of aromatic nitrogens is 2. The molecule has 17 heavy (non-hydrogen) atoms. The predicted octanol–water partition coefficient (Wildman–Crippen LogP) is 2.72. The minimum atomic E-state index is 0.513. The number of hydrogen-bond acceptors (Lipinski definition) is 4. The van der Waals surface area contributed by atoms with E-state index in [1.54, 1.807) is 0 Å². The van der Waals surface area contributed by atoms with Gasteiger partial charge >= 0.3 is 0 Å². The molecule has 0 bridgehead atoms. The van der Waals surface area contributed by atoms with Gasteiger partial charge in [0, 0.05) is 5.92 Å². The molecule has 4 heteroatoms. The Morgan fingerprint density at radius 3 is 2.59 bits per heavy atom.